The standard InChI is InChI=1S/C23H42O4/c1-5-7-8-11-19(10-6-2)17-27-23(25)21-13-9-12-20(16-21)22(24)26-15-14-18(3)4/h18-21H,5-17H2,1-4H3. The molecule has 0 amide bonds. The van der Waals surface area contributed by atoms with Gasteiger partial charge in [-0.3, -0.25) is 9.59 Å². The Labute approximate surface area is 166 Å². The van der Waals surface area contributed by atoms with Gasteiger partial charge in [-0.25, -0.2) is 0 Å². The summed E-state index contributed by atoms with van der Waals surface area (Å²) in [5.74, 6) is 0.493. The molecule has 0 spiro atoms. The lowest BCUT2D eigenvalue weighted by Gasteiger charge is -2.27. The van der Waals surface area contributed by atoms with Crippen molar-refractivity contribution in [3.63, 3.8) is 0 Å². The van der Waals surface area contributed by atoms with E-state index in [0.717, 1.165) is 44.9 Å². The summed E-state index contributed by atoms with van der Waals surface area (Å²) >= 11 is 0. The summed E-state index contributed by atoms with van der Waals surface area (Å²) in [6.07, 6.45) is 11.1. The van der Waals surface area contributed by atoms with Gasteiger partial charge in [0, 0.05) is 0 Å². The van der Waals surface area contributed by atoms with E-state index in [9.17, 15) is 9.59 Å². The van der Waals surface area contributed by atoms with Gasteiger partial charge < -0.3 is 9.47 Å². The van der Waals surface area contributed by atoms with Gasteiger partial charge in [0.25, 0.3) is 0 Å². The van der Waals surface area contributed by atoms with E-state index in [4.69, 9.17) is 9.47 Å². The highest BCUT2D eigenvalue weighted by molar-refractivity contribution is 5.76. The van der Waals surface area contributed by atoms with Crippen LogP contribution in [0.3, 0.4) is 0 Å². The molecule has 0 aromatic rings. The lowest BCUT2D eigenvalue weighted by Crippen LogP contribution is -2.30. The van der Waals surface area contributed by atoms with E-state index in [1.165, 1.54) is 19.3 Å². The molecule has 0 aliphatic heterocycles. The van der Waals surface area contributed by atoms with Gasteiger partial charge in [0.05, 0.1) is 25.0 Å². The number of carbonyl (C=O) groups is 2. The highest BCUT2D eigenvalue weighted by Crippen LogP contribution is 2.31. The predicted molar refractivity (Wildman–Crippen MR) is 109 cm³/mol. The molecule has 1 fully saturated rings. The van der Waals surface area contributed by atoms with Gasteiger partial charge in [0.2, 0.25) is 0 Å². The highest BCUT2D eigenvalue weighted by Gasteiger charge is 2.33. The summed E-state index contributed by atoms with van der Waals surface area (Å²) in [6.45, 7) is 9.66. The number of unbranched alkanes of at least 4 members (excludes halogenated alkanes) is 2. The zero-order chi connectivity index (χ0) is 20.1. The molecule has 0 N–H and O–H groups in total. The second kappa shape index (κ2) is 14.0. The fraction of sp³-hybridized carbons (Fsp3) is 0.913. The number of ether oxygens (including phenoxy) is 2. The molecule has 1 rings (SSSR count). The Hall–Kier alpha value is -1.06. The maximum atomic E-state index is 12.5. The minimum Gasteiger partial charge on any atom is -0.465 e. The van der Waals surface area contributed by atoms with Crippen molar-refractivity contribution in [3.8, 4) is 0 Å². The Morgan fingerprint density at radius 1 is 0.889 bits per heavy atom. The molecule has 0 aromatic carbocycles. The number of hydrogen-bond donors (Lipinski definition) is 0. The molecule has 4 heteroatoms. The van der Waals surface area contributed by atoms with Crippen LogP contribution in [-0.2, 0) is 19.1 Å². The molecule has 0 bridgehead atoms. The van der Waals surface area contributed by atoms with Crippen LogP contribution in [0.2, 0.25) is 0 Å². The molecule has 0 aromatic heterocycles. The Morgan fingerprint density at radius 3 is 2.15 bits per heavy atom. The van der Waals surface area contributed by atoms with Gasteiger partial charge in [-0.15, -0.1) is 0 Å². The Bertz CT molecular complexity index is 419. The summed E-state index contributed by atoms with van der Waals surface area (Å²) in [4.78, 5) is 24.8. The first-order valence-electron chi connectivity index (χ1n) is 11.3. The first-order valence-corrected chi connectivity index (χ1v) is 11.3. The maximum Gasteiger partial charge on any atom is 0.308 e. The van der Waals surface area contributed by atoms with E-state index in [0.29, 0.717) is 31.5 Å². The van der Waals surface area contributed by atoms with Crippen LogP contribution >= 0.6 is 0 Å². The molecule has 0 radical (unpaired) electrons. The molecule has 27 heavy (non-hydrogen) atoms. The molecule has 3 unspecified atom stereocenters. The lowest BCUT2D eigenvalue weighted by atomic mass is 9.81. The molecule has 0 saturated heterocycles. The number of rotatable bonds is 13. The Balaban J connectivity index is 2.39. The summed E-state index contributed by atoms with van der Waals surface area (Å²) in [5.41, 5.74) is 0. The largest absolute Gasteiger partial charge is 0.465 e. The molecular formula is C23H42O4. The van der Waals surface area contributed by atoms with Gasteiger partial charge in [0.15, 0.2) is 0 Å². The van der Waals surface area contributed by atoms with Crippen molar-refractivity contribution >= 4 is 11.9 Å². The van der Waals surface area contributed by atoms with E-state index in [1.54, 1.807) is 0 Å². The van der Waals surface area contributed by atoms with Crippen molar-refractivity contribution in [1.29, 1.82) is 0 Å². The molecular weight excluding hydrogens is 340 g/mol. The Kier molecular flexibility index (Phi) is 12.4. The van der Waals surface area contributed by atoms with E-state index >= 15 is 0 Å². The van der Waals surface area contributed by atoms with Gasteiger partial charge in [0.1, 0.15) is 0 Å². The summed E-state index contributed by atoms with van der Waals surface area (Å²) in [7, 11) is 0. The van der Waals surface area contributed by atoms with Gasteiger partial charge in [-0.2, -0.15) is 0 Å². The van der Waals surface area contributed by atoms with Crippen LogP contribution in [0.15, 0.2) is 0 Å². The molecule has 158 valence electrons. The van der Waals surface area contributed by atoms with Gasteiger partial charge in [-0.05, 0) is 50.4 Å². The van der Waals surface area contributed by atoms with Crippen molar-refractivity contribution < 1.29 is 19.1 Å². The SMILES string of the molecule is CCCCCC(CCC)COC(=O)C1CCCC(C(=O)OCCC(C)C)C1. The van der Waals surface area contributed by atoms with Crippen LogP contribution < -0.4 is 0 Å². The number of carbonyl (C=O) groups excluding carboxylic acids is 2. The minimum atomic E-state index is -0.140. The second-order valence-electron chi connectivity index (χ2n) is 8.69. The number of hydrogen-bond acceptors (Lipinski definition) is 4. The lowest BCUT2D eigenvalue weighted by molar-refractivity contribution is -0.156. The summed E-state index contributed by atoms with van der Waals surface area (Å²) < 4.78 is 11.1. The van der Waals surface area contributed by atoms with Crippen molar-refractivity contribution in [2.24, 2.45) is 23.7 Å². The zero-order valence-electron chi connectivity index (χ0n) is 18.1. The molecule has 4 nitrogen and oxygen atoms in total. The molecule has 1 aliphatic carbocycles. The smallest absolute Gasteiger partial charge is 0.308 e. The average Bonchev–Trinajstić information content (AvgIpc) is 2.65. The summed E-state index contributed by atoms with van der Waals surface area (Å²) in [6, 6.07) is 0. The average molecular weight is 383 g/mol. The third-order valence-electron chi connectivity index (χ3n) is 5.65. The van der Waals surface area contributed by atoms with Gasteiger partial charge in [-0.1, -0.05) is 59.8 Å². The van der Waals surface area contributed by atoms with Crippen molar-refractivity contribution in [1.82, 2.24) is 0 Å². The van der Waals surface area contributed by atoms with Crippen LogP contribution in [0.4, 0.5) is 0 Å². The van der Waals surface area contributed by atoms with E-state index < -0.39 is 0 Å². The third kappa shape index (κ3) is 10.2. The fourth-order valence-electron chi connectivity index (χ4n) is 3.85. The van der Waals surface area contributed by atoms with Crippen LogP contribution in [0, 0.1) is 23.7 Å². The third-order valence-corrected chi connectivity index (χ3v) is 5.65. The monoisotopic (exact) mass is 382 g/mol. The maximum absolute atomic E-state index is 12.5. The van der Waals surface area contributed by atoms with E-state index in [1.807, 2.05) is 0 Å². The first kappa shape index (κ1) is 24.0. The topological polar surface area (TPSA) is 52.6 Å². The van der Waals surface area contributed by atoms with Crippen LogP contribution in [0.5, 0.6) is 0 Å². The van der Waals surface area contributed by atoms with Crippen molar-refractivity contribution in [3.05, 3.63) is 0 Å². The van der Waals surface area contributed by atoms with Gasteiger partial charge >= 0.3 is 11.9 Å². The van der Waals surface area contributed by atoms with E-state index in [-0.39, 0.29) is 23.8 Å². The molecule has 0 heterocycles. The quantitative estimate of drug-likeness (QED) is 0.293. The fourth-order valence-corrected chi connectivity index (χ4v) is 3.85. The van der Waals surface area contributed by atoms with E-state index in [2.05, 4.69) is 27.7 Å². The second-order valence-corrected chi connectivity index (χ2v) is 8.69. The first-order chi connectivity index (χ1) is 13.0. The minimum absolute atomic E-state index is 0.105. The zero-order valence-corrected chi connectivity index (χ0v) is 18.1. The predicted octanol–water partition coefficient (Wildman–Crippen LogP) is 5.92. The van der Waals surface area contributed by atoms with Crippen molar-refractivity contribution in [2.45, 2.75) is 98.3 Å². The molecule has 3 atom stereocenters. The van der Waals surface area contributed by atoms with Crippen LogP contribution in [-0.4, -0.2) is 25.2 Å². The highest BCUT2D eigenvalue weighted by atomic mass is 16.5. The summed E-state index contributed by atoms with van der Waals surface area (Å²) in [5, 5.41) is 0. The van der Waals surface area contributed by atoms with Crippen molar-refractivity contribution in [2.75, 3.05) is 13.2 Å². The number of esters is 2. The molecule has 1 saturated carbocycles. The Morgan fingerprint density at radius 2 is 1.56 bits per heavy atom. The van der Waals surface area contributed by atoms with Crippen LogP contribution in [0.1, 0.15) is 98.3 Å². The van der Waals surface area contributed by atoms with Crippen LogP contribution in [0.25, 0.3) is 0 Å². The normalized spacial score (nSPS) is 21.1. The molecule has 1 aliphatic rings.